The number of aliphatic hydroxyl groups is 2. The number of hydrogen-bond acceptors (Lipinski definition) is 0. The quantitative estimate of drug-likeness (QED) is 0.112. The molecule has 3 heteroatoms. The molecule has 0 radical (unpaired) electrons. The van der Waals surface area contributed by atoms with Gasteiger partial charge >= 0.3 is 25.8 Å². The zero-order chi connectivity index (χ0) is 29.2. The molecule has 1 heterocycles. The Morgan fingerprint density at radius 2 is 1.02 bits per heavy atom. The molecule has 2 nitrogen and oxygen atoms in total. The van der Waals surface area contributed by atoms with Crippen LogP contribution >= 0.6 is 0 Å². The minimum Gasteiger partial charge on any atom is -0.678 e. The van der Waals surface area contributed by atoms with Crippen molar-refractivity contribution in [1.29, 1.82) is 0 Å². The Bertz CT molecular complexity index is 1060. The summed E-state index contributed by atoms with van der Waals surface area (Å²) in [6.07, 6.45) is 2.91. The van der Waals surface area contributed by atoms with Gasteiger partial charge in [-0.2, -0.15) is 73.9 Å². The number of ether oxygens (including phenoxy) is 1. The molecule has 1 saturated heterocycles. The van der Waals surface area contributed by atoms with Crippen molar-refractivity contribution in [1.82, 2.24) is 0 Å². The summed E-state index contributed by atoms with van der Waals surface area (Å²) in [6.45, 7) is 22.1. The van der Waals surface area contributed by atoms with Crippen molar-refractivity contribution in [3.63, 3.8) is 0 Å². The van der Waals surface area contributed by atoms with Crippen molar-refractivity contribution >= 4 is 5.69 Å². The molecule has 1 aliphatic heterocycles. The number of para-hydroxylation sites is 1. The molecule has 5 rings (SSSR count). The predicted octanol–water partition coefficient (Wildman–Crippen LogP) is 10.2. The van der Waals surface area contributed by atoms with Crippen LogP contribution in [0.15, 0.2) is 109 Å². The molecule has 4 aromatic carbocycles. The molecule has 0 bridgehead atoms. The minimum absolute atomic E-state index is 0. The molecule has 0 spiro atoms. The smallest absolute Gasteiger partial charge is 0.678 e. The van der Waals surface area contributed by atoms with Gasteiger partial charge in [-0.3, -0.25) is 0 Å². The molecule has 1 N–H and O–H groups in total. The molecule has 4 aromatic rings. The maximum Gasteiger partial charge on any atom is 4.00 e. The molecule has 1 aliphatic rings. The van der Waals surface area contributed by atoms with Crippen molar-refractivity contribution in [2.24, 2.45) is 0 Å². The van der Waals surface area contributed by atoms with Crippen LogP contribution in [-0.4, -0.2) is 24.0 Å². The van der Waals surface area contributed by atoms with E-state index in [0.717, 1.165) is 29.8 Å². The standard InChI is InChI=1S/C17H26NO.3C7H7.Hf/c1-12(2)15-8-5-9-16(13(3)4)17(15)18-11-14-7-6-10-19-14;3*1-7-5-3-2-4-6-7;/h5,8-9,12-14H,6-7,10-11H2,1-4H3;3*2-6H,1H2;/q4*-1;+4/p+1. The van der Waals surface area contributed by atoms with Gasteiger partial charge in [0.25, 0.3) is 0 Å². The van der Waals surface area contributed by atoms with Crippen molar-refractivity contribution in [2.45, 2.75) is 58.5 Å². The molecule has 1 fully saturated rings. The van der Waals surface area contributed by atoms with E-state index in [1.807, 2.05) is 91.0 Å². The molecular formula is C38H48HfNO+. The molecule has 1 unspecified atom stereocenters. The van der Waals surface area contributed by atoms with Gasteiger partial charge < -0.3 is 10.1 Å². The Labute approximate surface area is 269 Å². The second-order valence-electron chi connectivity index (χ2n) is 10.6. The second-order valence-corrected chi connectivity index (χ2v) is 10.6. The van der Waals surface area contributed by atoms with E-state index in [1.54, 1.807) is 0 Å². The van der Waals surface area contributed by atoms with Gasteiger partial charge in [-0.15, -0.1) is 42.1 Å². The summed E-state index contributed by atoms with van der Waals surface area (Å²) >= 11 is 0. The molecule has 1 atom stereocenters. The SMILES string of the molecule is CC(C)c1cccc(C(C)C)c1[N-]CC1CCC[OH+]1.[CH2-]c1ccccc1.[CH2-]c1ccccc1.[CH2-]c1ccccc1.[Hf+4]. The Balaban J connectivity index is 0.000000313. The van der Waals surface area contributed by atoms with Crippen LogP contribution in [0.1, 0.15) is 80.2 Å². The zero-order valence-corrected chi connectivity index (χ0v) is 29.1. The maximum absolute atomic E-state index is 4.94. The summed E-state index contributed by atoms with van der Waals surface area (Å²) in [5.74, 6) is 1.05. The van der Waals surface area contributed by atoms with E-state index < -0.39 is 0 Å². The third-order valence-corrected chi connectivity index (χ3v) is 6.41. The van der Waals surface area contributed by atoms with Crippen LogP contribution in [0, 0.1) is 20.8 Å². The van der Waals surface area contributed by atoms with Crippen molar-refractivity contribution in [3.8, 4) is 0 Å². The third kappa shape index (κ3) is 15.1. The molecular weight excluding hydrogens is 665 g/mol. The van der Waals surface area contributed by atoms with Crippen molar-refractivity contribution in [3.05, 3.63) is 163 Å². The average molecular weight is 713 g/mol. The summed E-state index contributed by atoms with van der Waals surface area (Å²) in [6, 6.07) is 36.2. The van der Waals surface area contributed by atoms with Crippen molar-refractivity contribution < 1.29 is 30.6 Å². The Morgan fingerprint density at radius 3 is 1.29 bits per heavy atom. The van der Waals surface area contributed by atoms with Gasteiger partial charge in [-0.25, -0.2) is 0 Å². The Morgan fingerprint density at radius 1 is 0.634 bits per heavy atom. The van der Waals surface area contributed by atoms with Gasteiger partial charge in [0.2, 0.25) is 0 Å². The fraction of sp³-hybridized carbons (Fsp3) is 0.289. The first kappa shape index (κ1) is 36.1. The normalized spacial score (nSPS) is 13.4. The molecule has 0 amide bonds. The van der Waals surface area contributed by atoms with Crippen LogP contribution in [0.3, 0.4) is 0 Å². The first-order valence-electron chi connectivity index (χ1n) is 14.4. The monoisotopic (exact) mass is 714 g/mol. The van der Waals surface area contributed by atoms with E-state index in [-0.39, 0.29) is 25.8 Å². The van der Waals surface area contributed by atoms with Crippen LogP contribution < -0.4 is 0 Å². The summed E-state index contributed by atoms with van der Waals surface area (Å²) in [7, 11) is 0. The fourth-order valence-corrected chi connectivity index (χ4v) is 4.17. The van der Waals surface area contributed by atoms with Gasteiger partial charge in [0, 0.05) is 12.8 Å². The zero-order valence-electron chi connectivity index (χ0n) is 25.5. The van der Waals surface area contributed by atoms with Gasteiger partial charge in [-0.05, 0) is 11.8 Å². The van der Waals surface area contributed by atoms with E-state index in [2.05, 4.69) is 71.4 Å². The molecule has 0 saturated carbocycles. The Hall–Kier alpha value is -2.88. The van der Waals surface area contributed by atoms with Gasteiger partial charge in [0.1, 0.15) is 12.7 Å². The van der Waals surface area contributed by atoms with E-state index in [9.17, 15) is 0 Å². The van der Waals surface area contributed by atoms with Crippen LogP contribution in [-0.2, 0) is 25.8 Å². The second kappa shape index (κ2) is 20.9. The van der Waals surface area contributed by atoms with Crippen molar-refractivity contribution in [2.75, 3.05) is 13.2 Å². The molecule has 214 valence electrons. The van der Waals surface area contributed by atoms with Gasteiger partial charge in [-0.1, -0.05) is 81.8 Å². The average Bonchev–Trinajstić information content (AvgIpc) is 3.48. The van der Waals surface area contributed by atoms with E-state index >= 15 is 0 Å². The molecule has 0 aliphatic carbocycles. The van der Waals surface area contributed by atoms with Crippen LogP contribution in [0.2, 0.25) is 0 Å². The van der Waals surface area contributed by atoms with E-state index in [0.29, 0.717) is 17.9 Å². The summed E-state index contributed by atoms with van der Waals surface area (Å²) < 4.78 is 4.61. The largest absolute Gasteiger partial charge is 4.00 e. The third-order valence-electron chi connectivity index (χ3n) is 6.41. The van der Waals surface area contributed by atoms with Gasteiger partial charge in [0.15, 0.2) is 0 Å². The predicted molar refractivity (Wildman–Crippen MR) is 175 cm³/mol. The first-order valence-corrected chi connectivity index (χ1v) is 14.4. The van der Waals surface area contributed by atoms with E-state index in [4.69, 9.17) is 5.32 Å². The minimum atomic E-state index is 0. The number of hydrogen-bond donors (Lipinski definition) is 0. The fourth-order valence-electron chi connectivity index (χ4n) is 4.17. The van der Waals surface area contributed by atoms with Crippen LogP contribution in [0.5, 0.6) is 0 Å². The summed E-state index contributed by atoms with van der Waals surface area (Å²) in [5, 5.41) is 4.94. The number of nitrogens with zero attached hydrogens (tertiary/aromatic N) is 1. The molecule has 0 aromatic heterocycles. The van der Waals surface area contributed by atoms with Crippen LogP contribution in [0.25, 0.3) is 5.32 Å². The van der Waals surface area contributed by atoms with Crippen LogP contribution in [0.4, 0.5) is 5.69 Å². The summed E-state index contributed by atoms with van der Waals surface area (Å²) in [4.78, 5) is 0. The number of benzene rings is 4. The summed E-state index contributed by atoms with van der Waals surface area (Å²) in [5.41, 5.74) is 7.20. The Kier molecular flexibility index (Phi) is 18.4. The molecule has 41 heavy (non-hydrogen) atoms. The first-order chi connectivity index (χ1) is 19.3. The maximum atomic E-state index is 4.94. The number of rotatable bonds is 5. The van der Waals surface area contributed by atoms with Gasteiger partial charge in [0.05, 0.1) is 0 Å². The topological polar surface area (TPSA) is 26.9 Å². The van der Waals surface area contributed by atoms with E-state index in [1.165, 1.54) is 29.7 Å².